The minimum absolute atomic E-state index is 0.0132. The van der Waals surface area contributed by atoms with E-state index < -0.39 is 35.3 Å². The highest BCUT2D eigenvalue weighted by molar-refractivity contribution is 7.16. The third-order valence-electron chi connectivity index (χ3n) is 8.36. The van der Waals surface area contributed by atoms with E-state index in [2.05, 4.69) is 25.1 Å². The molecule has 3 aliphatic rings. The predicted molar refractivity (Wildman–Crippen MR) is 160 cm³/mol. The molecule has 0 spiro atoms. The maximum absolute atomic E-state index is 15.8. The predicted octanol–water partition coefficient (Wildman–Crippen LogP) is 3.52. The standard InChI is InChI=1S/C29H33F4N7O3S/c1-16-14-40(15-17(2)38(16)4)23-11-21(30)18(27-35-13-24(44-27)28(43)39-7-5-37(3)6-8-39)9-22(23)36-26(42)19-12-34-25(41)10-20(19)29(31,32)33/h9-13,16-17,19H,5-8,14-15H2,1-4H3,(H,36,42)/t16-,17+,19?. The number of benzene rings is 1. The van der Waals surface area contributed by atoms with Crippen molar-refractivity contribution in [3.05, 3.63) is 40.7 Å². The van der Waals surface area contributed by atoms with E-state index in [9.17, 15) is 27.6 Å². The Morgan fingerprint density at radius 1 is 1.05 bits per heavy atom. The Bertz CT molecular complexity index is 1500. The lowest BCUT2D eigenvalue weighted by molar-refractivity contribution is -0.124. The van der Waals surface area contributed by atoms with Crippen LogP contribution < -0.4 is 10.2 Å². The molecule has 0 saturated carbocycles. The molecule has 236 valence electrons. The van der Waals surface area contributed by atoms with Crippen molar-refractivity contribution < 1.29 is 31.9 Å². The Labute approximate surface area is 256 Å². The largest absolute Gasteiger partial charge is 0.414 e. The van der Waals surface area contributed by atoms with Gasteiger partial charge in [-0.2, -0.15) is 13.2 Å². The number of dihydropyridines is 1. The molecule has 1 unspecified atom stereocenters. The van der Waals surface area contributed by atoms with Crippen LogP contribution in [0.1, 0.15) is 23.5 Å². The van der Waals surface area contributed by atoms with Gasteiger partial charge < -0.3 is 20.0 Å². The van der Waals surface area contributed by atoms with Gasteiger partial charge in [-0.3, -0.25) is 19.3 Å². The number of hydrogen-bond acceptors (Lipinski definition) is 8. The van der Waals surface area contributed by atoms with Crippen molar-refractivity contribution in [1.82, 2.24) is 19.7 Å². The van der Waals surface area contributed by atoms with Gasteiger partial charge in [-0.15, -0.1) is 11.3 Å². The lowest BCUT2D eigenvalue weighted by Gasteiger charge is -2.44. The fourth-order valence-electron chi connectivity index (χ4n) is 5.52. The van der Waals surface area contributed by atoms with Crippen LogP contribution in [0.5, 0.6) is 0 Å². The van der Waals surface area contributed by atoms with E-state index in [1.54, 1.807) is 4.90 Å². The number of amides is 3. The average molecular weight is 636 g/mol. The number of carbonyl (C=O) groups is 3. The van der Waals surface area contributed by atoms with Crippen LogP contribution in [0, 0.1) is 11.7 Å². The average Bonchev–Trinajstić information content (AvgIpc) is 3.46. The topological polar surface area (TPSA) is 101 Å². The van der Waals surface area contributed by atoms with Gasteiger partial charge in [0, 0.05) is 75.3 Å². The lowest BCUT2D eigenvalue weighted by atomic mass is 9.95. The maximum atomic E-state index is 15.8. The number of nitrogens with one attached hydrogen (secondary N) is 1. The van der Waals surface area contributed by atoms with Gasteiger partial charge in [0.15, 0.2) is 0 Å². The number of thiazole rings is 1. The third kappa shape index (κ3) is 6.54. The van der Waals surface area contributed by atoms with Crippen LogP contribution in [0.3, 0.4) is 0 Å². The van der Waals surface area contributed by atoms with Crippen LogP contribution >= 0.6 is 11.3 Å². The number of carbonyl (C=O) groups excluding carboxylic acids is 3. The zero-order valence-electron chi connectivity index (χ0n) is 24.7. The first-order chi connectivity index (χ1) is 20.7. The molecule has 3 amide bonds. The second-order valence-corrected chi connectivity index (χ2v) is 12.5. The molecule has 2 aromatic rings. The van der Waals surface area contributed by atoms with Crippen LogP contribution in [-0.4, -0.2) is 115 Å². The summed E-state index contributed by atoms with van der Waals surface area (Å²) in [6, 6.07) is 2.69. The van der Waals surface area contributed by atoms with E-state index in [1.807, 2.05) is 32.8 Å². The Hall–Kier alpha value is -3.69. The van der Waals surface area contributed by atoms with Gasteiger partial charge in [0.1, 0.15) is 21.6 Å². The first-order valence-corrected chi connectivity index (χ1v) is 15.0. The van der Waals surface area contributed by atoms with Crippen molar-refractivity contribution in [3.63, 3.8) is 0 Å². The fraction of sp³-hybridized carbons (Fsp3) is 0.483. The normalized spacial score (nSPS) is 23.6. The Morgan fingerprint density at radius 3 is 2.34 bits per heavy atom. The van der Waals surface area contributed by atoms with E-state index in [0.717, 1.165) is 24.4 Å². The lowest BCUT2D eigenvalue weighted by Crippen LogP contribution is -2.55. The summed E-state index contributed by atoms with van der Waals surface area (Å²) in [7, 11) is 3.94. The van der Waals surface area contributed by atoms with Gasteiger partial charge in [0.2, 0.25) is 5.91 Å². The van der Waals surface area contributed by atoms with Crippen LogP contribution in [0.4, 0.5) is 28.9 Å². The Kier molecular flexibility index (Phi) is 8.92. The Morgan fingerprint density at radius 2 is 1.70 bits per heavy atom. The van der Waals surface area contributed by atoms with Gasteiger partial charge in [0.05, 0.1) is 23.1 Å². The van der Waals surface area contributed by atoms with E-state index >= 15 is 4.39 Å². The second-order valence-electron chi connectivity index (χ2n) is 11.4. The molecule has 15 heteroatoms. The minimum atomic E-state index is -4.95. The second kappa shape index (κ2) is 12.4. The number of hydrogen-bond donors (Lipinski definition) is 1. The number of nitrogens with zero attached hydrogens (tertiary/aromatic N) is 6. The summed E-state index contributed by atoms with van der Waals surface area (Å²) in [5, 5.41) is 2.73. The van der Waals surface area contributed by atoms with Crippen molar-refractivity contribution in [3.8, 4) is 10.6 Å². The summed E-state index contributed by atoms with van der Waals surface area (Å²) < 4.78 is 57.1. The summed E-state index contributed by atoms with van der Waals surface area (Å²) >= 11 is 0.999. The molecule has 2 saturated heterocycles. The van der Waals surface area contributed by atoms with Crippen LogP contribution in [-0.2, 0) is 9.59 Å². The van der Waals surface area contributed by atoms with Crippen molar-refractivity contribution >= 4 is 46.6 Å². The van der Waals surface area contributed by atoms with E-state index in [4.69, 9.17) is 0 Å². The van der Waals surface area contributed by atoms with Crippen molar-refractivity contribution in [2.45, 2.75) is 32.1 Å². The number of aliphatic imine (C=N–C) groups is 1. The molecule has 1 aromatic carbocycles. The quantitative estimate of drug-likeness (QED) is 0.502. The molecule has 1 aromatic heterocycles. The van der Waals surface area contributed by atoms with Crippen molar-refractivity contribution in [1.29, 1.82) is 0 Å². The zero-order chi connectivity index (χ0) is 31.9. The summed E-state index contributed by atoms with van der Waals surface area (Å²) in [6.45, 7) is 7.48. The molecule has 5 rings (SSSR count). The Balaban J connectivity index is 1.50. The van der Waals surface area contributed by atoms with Crippen molar-refractivity contribution in [2.24, 2.45) is 10.9 Å². The highest BCUT2D eigenvalue weighted by Gasteiger charge is 2.43. The summed E-state index contributed by atoms with van der Waals surface area (Å²) in [5.41, 5.74) is -0.990. The first-order valence-electron chi connectivity index (χ1n) is 14.1. The molecule has 0 bridgehead atoms. The van der Waals surface area contributed by atoms with Gasteiger partial charge in [-0.05, 0) is 34.0 Å². The van der Waals surface area contributed by atoms with Crippen molar-refractivity contribution in [2.75, 3.05) is 63.6 Å². The third-order valence-corrected chi connectivity index (χ3v) is 9.37. The SMILES string of the molecule is C[C@@H]1CN(c2cc(F)c(-c3ncc(C(=O)N4CCN(C)CC4)s3)cc2NC(=O)C2C=NC(=O)C=C2C(F)(F)F)C[C@H](C)N1C. The molecule has 0 radical (unpaired) electrons. The molecule has 4 heterocycles. The van der Waals surface area contributed by atoms with Gasteiger partial charge in [-0.1, -0.05) is 0 Å². The fourth-order valence-corrected chi connectivity index (χ4v) is 6.42. The number of alkyl halides is 3. The molecule has 0 aliphatic carbocycles. The first kappa shape index (κ1) is 31.7. The monoisotopic (exact) mass is 635 g/mol. The van der Waals surface area contributed by atoms with Gasteiger partial charge >= 0.3 is 6.18 Å². The van der Waals surface area contributed by atoms with E-state index in [0.29, 0.717) is 43.3 Å². The van der Waals surface area contributed by atoms with E-state index in [1.165, 1.54) is 18.3 Å². The maximum Gasteiger partial charge on any atom is 0.414 e. The highest BCUT2D eigenvalue weighted by atomic mass is 32.1. The molecule has 44 heavy (non-hydrogen) atoms. The molecule has 10 nitrogen and oxygen atoms in total. The zero-order valence-corrected chi connectivity index (χ0v) is 25.5. The molecular formula is C29H33F4N7O3S. The number of piperazine rings is 2. The number of halogens is 4. The summed E-state index contributed by atoms with van der Waals surface area (Å²) in [4.78, 5) is 53.9. The molecule has 1 N–H and O–H groups in total. The molecular weight excluding hydrogens is 602 g/mol. The summed E-state index contributed by atoms with van der Waals surface area (Å²) in [5.74, 6) is -4.95. The van der Waals surface area contributed by atoms with Crippen LogP contribution in [0.25, 0.3) is 10.6 Å². The van der Waals surface area contributed by atoms with Crippen LogP contribution in [0.15, 0.2) is 35.0 Å². The molecule has 3 atom stereocenters. The number of aromatic nitrogens is 1. The van der Waals surface area contributed by atoms with E-state index in [-0.39, 0.29) is 39.9 Å². The number of rotatable bonds is 5. The molecule has 2 fully saturated rings. The van der Waals surface area contributed by atoms with Gasteiger partial charge in [0.25, 0.3) is 11.8 Å². The van der Waals surface area contributed by atoms with Gasteiger partial charge in [-0.25, -0.2) is 14.4 Å². The smallest absolute Gasteiger partial charge is 0.367 e. The summed E-state index contributed by atoms with van der Waals surface area (Å²) in [6.07, 6.45) is -2.59. The minimum Gasteiger partial charge on any atom is -0.367 e. The number of likely N-dealkylation sites (N-methyl/N-ethyl adjacent to an activating group) is 2. The molecule has 3 aliphatic heterocycles. The van der Waals surface area contributed by atoms with Crippen LogP contribution in [0.2, 0.25) is 0 Å². The number of anilines is 2. The highest BCUT2D eigenvalue weighted by Crippen LogP contribution is 2.39.